The number of carbonyl (C=O) groups excluding carboxylic acids is 1. The van der Waals surface area contributed by atoms with E-state index >= 15 is 0 Å². The van der Waals surface area contributed by atoms with Gasteiger partial charge >= 0.3 is 0 Å². The minimum Gasteiger partial charge on any atom is -0.378 e. The summed E-state index contributed by atoms with van der Waals surface area (Å²) in [7, 11) is 0. The van der Waals surface area contributed by atoms with Gasteiger partial charge in [0.15, 0.2) is 5.13 Å². The second kappa shape index (κ2) is 7.34. The molecule has 0 radical (unpaired) electrons. The standard InChI is InChI=1S/C18H19ClN4O2S/c1-12-2-4-13(5-3-12)14-10-15(23(11-24)21-14)16-17(19)20-18(26-16)22-6-8-25-9-7-22/h2-5,11,15H,6-10H2,1H3. The molecular weight excluding hydrogens is 372 g/mol. The molecule has 1 aromatic heterocycles. The highest BCUT2D eigenvalue weighted by molar-refractivity contribution is 7.16. The molecule has 136 valence electrons. The van der Waals surface area contributed by atoms with Crippen LogP contribution in [-0.2, 0) is 9.53 Å². The zero-order valence-electron chi connectivity index (χ0n) is 14.4. The van der Waals surface area contributed by atoms with Gasteiger partial charge in [-0.1, -0.05) is 52.8 Å². The highest BCUT2D eigenvalue weighted by atomic mass is 35.5. The highest BCUT2D eigenvalue weighted by Gasteiger charge is 2.33. The van der Waals surface area contributed by atoms with Gasteiger partial charge in [0.05, 0.1) is 29.8 Å². The van der Waals surface area contributed by atoms with E-state index in [1.54, 1.807) is 0 Å². The Kier molecular flexibility index (Phi) is 4.93. The number of nitrogens with zero attached hydrogens (tertiary/aromatic N) is 4. The van der Waals surface area contributed by atoms with Crippen molar-refractivity contribution in [3.63, 3.8) is 0 Å². The monoisotopic (exact) mass is 390 g/mol. The Balaban J connectivity index is 1.59. The lowest BCUT2D eigenvalue weighted by Crippen LogP contribution is -2.36. The molecule has 3 heterocycles. The number of carbonyl (C=O) groups is 1. The largest absolute Gasteiger partial charge is 0.378 e. The molecule has 8 heteroatoms. The molecule has 2 aromatic rings. The predicted octanol–water partition coefficient (Wildman–Crippen LogP) is 3.25. The van der Waals surface area contributed by atoms with E-state index < -0.39 is 0 Å². The van der Waals surface area contributed by atoms with Crippen LogP contribution in [0, 0.1) is 6.92 Å². The van der Waals surface area contributed by atoms with Crippen LogP contribution in [0.5, 0.6) is 0 Å². The molecule has 1 atom stereocenters. The van der Waals surface area contributed by atoms with Crippen molar-refractivity contribution in [3.8, 4) is 0 Å². The third kappa shape index (κ3) is 3.34. The van der Waals surface area contributed by atoms with Crippen molar-refractivity contribution in [2.45, 2.75) is 19.4 Å². The first-order chi connectivity index (χ1) is 12.7. The number of hydrazone groups is 1. The maximum absolute atomic E-state index is 11.6. The molecule has 0 saturated carbocycles. The van der Waals surface area contributed by atoms with Gasteiger partial charge < -0.3 is 9.64 Å². The smallest absolute Gasteiger partial charge is 0.230 e. The number of morpholine rings is 1. The third-order valence-corrected chi connectivity index (χ3v) is 6.24. The van der Waals surface area contributed by atoms with Crippen LogP contribution < -0.4 is 4.90 Å². The number of halogens is 1. The quantitative estimate of drug-likeness (QED) is 0.752. The number of aromatic nitrogens is 1. The molecule has 2 aliphatic rings. The van der Waals surface area contributed by atoms with Crippen molar-refractivity contribution in [3.05, 3.63) is 45.4 Å². The molecule has 1 unspecified atom stereocenters. The Labute approximate surface area is 161 Å². The summed E-state index contributed by atoms with van der Waals surface area (Å²) in [5.41, 5.74) is 3.11. The number of benzene rings is 1. The fraction of sp³-hybridized carbons (Fsp3) is 0.389. The second-order valence-electron chi connectivity index (χ2n) is 6.37. The first kappa shape index (κ1) is 17.5. The van der Waals surface area contributed by atoms with Gasteiger partial charge in [-0.3, -0.25) is 4.79 Å². The Bertz CT molecular complexity index is 830. The van der Waals surface area contributed by atoms with E-state index in [0.29, 0.717) is 24.8 Å². The number of aryl methyl sites for hydroxylation is 1. The highest BCUT2D eigenvalue weighted by Crippen LogP contribution is 2.41. The summed E-state index contributed by atoms with van der Waals surface area (Å²) in [5, 5.41) is 7.28. The average molecular weight is 391 g/mol. The minimum atomic E-state index is -0.205. The van der Waals surface area contributed by atoms with Crippen molar-refractivity contribution >= 4 is 40.2 Å². The summed E-state index contributed by atoms with van der Waals surface area (Å²) in [6.07, 6.45) is 1.39. The maximum Gasteiger partial charge on any atom is 0.230 e. The summed E-state index contributed by atoms with van der Waals surface area (Å²) >= 11 is 7.96. The number of thiazole rings is 1. The lowest BCUT2D eigenvalue weighted by Gasteiger charge is -2.26. The Morgan fingerprint density at radius 3 is 2.69 bits per heavy atom. The summed E-state index contributed by atoms with van der Waals surface area (Å²) in [5.74, 6) is 0. The van der Waals surface area contributed by atoms with Crippen molar-refractivity contribution in [1.82, 2.24) is 9.99 Å². The Morgan fingerprint density at radius 2 is 2.00 bits per heavy atom. The average Bonchev–Trinajstić information content (AvgIpc) is 3.26. The van der Waals surface area contributed by atoms with E-state index in [4.69, 9.17) is 16.3 Å². The van der Waals surface area contributed by atoms with E-state index in [2.05, 4.69) is 15.0 Å². The van der Waals surface area contributed by atoms with Crippen LogP contribution in [0.25, 0.3) is 0 Å². The normalized spacial score (nSPS) is 20.4. The van der Waals surface area contributed by atoms with E-state index in [1.807, 2.05) is 31.2 Å². The van der Waals surface area contributed by atoms with Gasteiger partial charge in [0, 0.05) is 19.5 Å². The zero-order chi connectivity index (χ0) is 18.1. The molecule has 6 nitrogen and oxygen atoms in total. The second-order valence-corrected chi connectivity index (χ2v) is 7.74. The molecule has 0 bridgehead atoms. The van der Waals surface area contributed by atoms with Crippen LogP contribution in [0.3, 0.4) is 0 Å². The number of hydrogen-bond acceptors (Lipinski definition) is 6. The molecule has 1 aromatic carbocycles. The number of rotatable bonds is 4. The molecule has 4 rings (SSSR count). The molecule has 0 N–H and O–H groups in total. The lowest BCUT2D eigenvalue weighted by atomic mass is 10.0. The Hall–Kier alpha value is -1.96. The molecule has 1 amide bonds. The summed E-state index contributed by atoms with van der Waals surface area (Å²) < 4.78 is 5.39. The summed E-state index contributed by atoms with van der Waals surface area (Å²) in [6.45, 7) is 5.03. The fourth-order valence-electron chi connectivity index (χ4n) is 3.16. The van der Waals surface area contributed by atoms with Crippen molar-refractivity contribution in [2.75, 3.05) is 31.2 Å². The predicted molar refractivity (Wildman–Crippen MR) is 103 cm³/mol. The molecule has 2 aliphatic heterocycles. The number of hydrogen-bond donors (Lipinski definition) is 0. The van der Waals surface area contributed by atoms with Crippen molar-refractivity contribution in [1.29, 1.82) is 0 Å². The van der Waals surface area contributed by atoms with Gasteiger partial charge in [-0.05, 0) is 12.5 Å². The van der Waals surface area contributed by atoms with Crippen molar-refractivity contribution in [2.24, 2.45) is 5.10 Å². The number of amides is 1. The van der Waals surface area contributed by atoms with Crippen LogP contribution in [-0.4, -0.2) is 48.4 Å². The van der Waals surface area contributed by atoms with Crippen LogP contribution in [0.2, 0.25) is 5.15 Å². The van der Waals surface area contributed by atoms with E-state index in [9.17, 15) is 4.79 Å². The van der Waals surface area contributed by atoms with Crippen molar-refractivity contribution < 1.29 is 9.53 Å². The lowest BCUT2D eigenvalue weighted by molar-refractivity contribution is -0.119. The van der Waals surface area contributed by atoms with Gasteiger partial charge in [0.1, 0.15) is 5.15 Å². The van der Waals surface area contributed by atoms with Crippen LogP contribution in [0.4, 0.5) is 5.13 Å². The maximum atomic E-state index is 11.6. The number of ether oxygens (including phenoxy) is 1. The molecule has 1 fully saturated rings. The van der Waals surface area contributed by atoms with Crippen LogP contribution >= 0.6 is 22.9 Å². The summed E-state index contributed by atoms with van der Waals surface area (Å²) in [4.78, 5) is 19.1. The molecule has 0 aliphatic carbocycles. The SMILES string of the molecule is Cc1ccc(C2=NN(C=O)C(c3sc(N4CCOCC4)nc3Cl)C2)cc1. The fourth-order valence-corrected chi connectivity index (χ4v) is 4.63. The topological polar surface area (TPSA) is 58.0 Å². The summed E-state index contributed by atoms with van der Waals surface area (Å²) in [6, 6.07) is 7.96. The van der Waals surface area contributed by atoms with Crippen LogP contribution in [0.15, 0.2) is 29.4 Å². The first-order valence-electron chi connectivity index (χ1n) is 8.53. The third-order valence-electron chi connectivity index (χ3n) is 4.62. The molecule has 1 saturated heterocycles. The Morgan fingerprint density at radius 1 is 1.27 bits per heavy atom. The van der Waals surface area contributed by atoms with Gasteiger partial charge in [-0.15, -0.1) is 0 Å². The molecule has 0 spiro atoms. The van der Waals surface area contributed by atoms with E-state index in [0.717, 1.165) is 40.8 Å². The molecular formula is C18H19ClN4O2S. The van der Waals surface area contributed by atoms with Gasteiger partial charge in [-0.2, -0.15) is 5.10 Å². The van der Waals surface area contributed by atoms with E-state index in [1.165, 1.54) is 21.9 Å². The van der Waals surface area contributed by atoms with Crippen LogP contribution in [0.1, 0.15) is 28.5 Å². The van der Waals surface area contributed by atoms with Gasteiger partial charge in [0.2, 0.25) is 6.41 Å². The number of anilines is 1. The molecule has 26 heavy (non-hydrogen) atoms. The first-order valence-corrected chi connectivity index (χ1v) is 9.72. The minimum absolute atomic E-state index is 0.205. The van der Waals surface area contributed by atoms with E-state index in [-0.39, 0.29) is 6.04 Å². The van der Waals surface area contributed by atoms with Gasteiger partial charge in [0.25, 0.3) is 0 Å². The van der Waals surface area contributed by atoms with Gasteiger partial charge in [-0.25, -0.2) is 9.99 Å². The zero-order valence-corrected chi connectivity index (χ0v) is 16.0.